The predicted molar refractivity (Wildman–Crippen MR) is 207 cm³/mol. The molecule has 1 fully saturated rings. The number of anilines is 2. The fourth-order valence-corrected chi connectivity index (χ4v) is 7.18. The van der Waals surface area contributed by atoms with Gasteiger partial charge in [-0.05, 0) is 80.5 Å². The molecule has 2 amide bonds. The molecule has 1 saturated carbocycles. The number of carbonyl (C=O) groups excluding carboxylic acids is 1. The zero-order chi connectivity index (χ0) is 38.4. The van der Waals surface area contributed by atoms with E-state index in [0.717, 1.165) is 54.0 Å². The van der Waals surface area contributed by atoms with Gasteiger partial charge in [0.2, 0.25) is 0 Å². The normalized spacial score (nSPS) is 14.4. The molecule has 0 saturated heterocycles. The second kappa shape index (κ2) is 16.9. The summed E-state index contributed by atoms with van der Waals surface area (Å²) in [7, 11) is 1.63. The van der Waals surface area contributed by atoms with E-state index in [-0.39, 0.29) is 35.1 Å². The van der Waals surface area contributed by atoms with E-state index in [0.29, 0.717) is 35.9 Å². The summed E-state index contributed by atoms with van der Waals surface area (Å²) in [5, 5.41) is 18.9. The molecule has 54 heavy (non-hydrogen) atoms. The maximum absolute atomic E-state index is 16.3. The molecule has 1 aliphatic carbocycles. The molecule has 12 heteroatoms. The molecule has 3 N–H and O–H groups in total. The Morgan fingerprint density at radius 3 is 2.15 bits per heavy atom. The molecule has 1 heterocycles. The van der Waals surface area contributed by atoms with Crippen LogP contribution in [0.5, 0.6) is 5.75 Å². The topological polar surface area (TPSA) is 131 Å². The second-order valence-electron chi connectivity index (χ2n) is 14.1. The third-order valence-corrected chi connectivity index (χ3v) is 10.3. The first kappa shape index (κ1) is 38.0. The maximum Gasteiger partial charge on any atom is 0.409 e. The van der Waals surface area contributed by atoms with Crippen LogP contribution in [0.15, 0.2) is 95.8 Å². The molecule has 6 rings (SSSR count). The maximum atomic E-state index is 16.3. The molecule has 0 radical (unpaired) electrons. The number of amides is 2. The number of benzene rings is 4. The van der Waals surface area contributed by atoms with Crippen LogP contribution in [-0.4, -0.2) is 42.5 Å². The van der Waals surface area contributed by atoms with Gasteiger partial charge in [-0.2, -0.15) is 4.68 Å². The van der Waals surface area contributed by atoms with Crippen molar-refractivity contribution in [3.63, 3.8) is 0 Å². The summed E-state index contributed by atoms with van der Waals surface area (Å²) in [5.41, 5.74) is 2.85. The predicted octanol–water partition coefficient (Wildman–Crippen LogP) is 8.47. The molecule has 1 aliphatic rings. The minimum absolute atomic E-state index is 0.0412. The van der Waals surface area contributed by atoms with E-state index in [1.165, 1.54) is 16.7 Å². The highest BCUT2D eigenvalue weighted by Gasteiger charge is 2.28. The lowest BCUT2D eigenvalue weighted by molar-refractivity contribution is 0.0996. The lowest BCUT2D eigenvalue weighted by Crippen LogP contribution is -2.29. The number of ether oxygens (including phenoxy) is 1. The Morgan fingerprint density at radius 1 is 0.926 bits per heavy atom. The lowest BCUT2D eigenvalue weighted by atomic mass is 9.86. The Labute approximate surface area is 314 Å². The van der Waals surface area contributed by atoms with Crippen molar-refractivity contribution < 1.29 is 23.8 Å². The number of aromatic nitrogens is 3. The smallest absolute Gasteiger partial charge is 0.409 e. The van der Waals surface area contributed by atoms with Gasteiger partial charge in [-0.25, -0.2) is 14.0 Å². The lowest BCUT2D eigenvalue weighted by Gasteiger charge is -2.29. The van der Waals surface area contributed by atoms with Crippen LogP contribution in [0.1, 0.15) is 84.9 Å². The molecule has 282 valence electrons. The molecule has 0 spiro atoms. The van der Waals surface area contributed by atoms with Crippen LogP contribution in [0, 0.1) is 18.7 Å². The van der Waals surface area contributed by atoms with Crippen molar-refractivity contribution in [3.8, 4) is 11.4 Å². The fraction of sp³-hybridized carbons (Fsp3) is 0.333. The average molecular weight is 735 g/mol. The van der Waals surface area contributed by atoms with Gasteiger partial charge in [0.1, 0.15) is 17.3 Å². The van der Waals surface area contributed by atoms with E-state index in [2.05, 4.69) is 39.8 Å². The first-order chi connectivity index (χ1) is 26.0. The van der Waals surface area contributed by atoms with E-state index in [4.69, 9.17) is 14.9 Å². The second-order valence-corrected chi connectivity index (χ2v) is 14.1. The van der Waals surface area contributed by atoms with Crippen LogP contribution >= 0.6 is 0 Å². The number of aryl methyl sites for hydroxylation is 1. The zero-order valence-corrected chi connectivity index (χ0v) is 31.1. The molecule has 0 aliphatic heterocycles. The number of nitrogens with one attached hydrogen (secondary N) is 2. The number of nitrogens with zero attached hydrogens (tertiary/aromatic N) is 4. The number of carbonyl (C=O) groups is 2. The SMILES string of the molecule is Cc1cc(NC(=O)O)ccc1NC(=O)c1cc(F)c(-n2nc(C(C)N(Cc3ccccc3)Cc3ccccc3)n(C)c2=O)cc1OC(C)C1CCCCC1. The molecule has 5 aromatic rings. The van der Waals surface area contributed by atoms with Gasteiger partial charge in [-0.1, -0.05) is 79.9 Å². The Balaban J connectivity index is 1.36. The number of carboxylic acid groups (broad SMARTS) is 1. The first-order valence-corrected chi connectivity index (χ1v) is 18.4. The van der Waals surface area contributed by atoms with Gasteiger partial charge < -0.3 is 15.2 Å². The quantitative estimate of drug-likeness (QED) is 0.111. The van der Waals surface area contributed by atoms with Crippen molar-refractivity contribution in [1.82, 2.24) is 19.2 Å². The summed E-state index contributed by atoms with van der Waals surface area (Å²) in [4.78, 5) is 41.0. The summed E-state index contributed by atoms with van der Waals surface area (Å²) in [5.74, 6) is -0.605. The van der Waals surface area contributed by atoms with E-state index in [9.17, 15) is 14.4 Å². The highest BCUT2D eigenvalue weighted by Crippen LogP contribution is 2.33. The number of hydrogen-bond acceptors (Lipinski definition) is 6. The van der Waals surface area contributed by atoms with Crippen LogP contribution in [0.4, 0.5) is 20.6 Å². The van der Waals surface area contributed by atoms with Crippen molar-refractivity contribution in [2.45, 2.75) is 78.1 Å². The van der Waals surface area contributed by atoms with Crippen LogP contribution in [0.2, 0.25) is 0 Å². The van der Waals surface area contributed by atoms with Crippen molar-refractivity contribution in [3.05, 3.63) is 135 Å². The van der Waals surface area contributed by atoms with E-state index < -0.39 is 23.5 Å². The third-order valence-electron chi connectivity index (χ3n) is 10.3. The zero-order valence-electron chi connectivity index (χ0n) is 31.1. The highest BCUT2D eigenvalue weighted by molar-refractivity contribution is 6.07. The van der Waals surface area contributed by atoms with Gasteiger partial charge in [0.25, 0.3) is 5.91 Å². The van der Waals surface area contributed by atoms with Crippen LogP contribution < -0.4 is 21.1 Å². The van der Waals surface area contributed by atoms with Crippen molar-refractivity contribution >= 4 is 23.4 Å². The Morgan fingerprint density at radius 2 is 1.56 bits per heavy atom. The minimum Gasteiger partial charge on any atom is -0.490 e. The van der Waals surface area contributed by atoms with Gasteiger partial charge >= 0.3 is 11.8 Å². The number of halogens is 1. The molecular formula is C42H47FN6O5. The molecular weight excluding hydrogens is 687 g/mol. The van der Waals surface area contributed by atoms with Gasteiger partial charge in [0.05, 0.1) is 17.7 Å². The van der Waals surface area contributed by atoms with Crippen molar-refractivity contribution in [2.75, 3.05) is 10.6 Å². The fourth-order valence-electron chi connectivity index (χ4n) is 7.18. The number of rotatable bonds is 13. The summed E-state index contributed by atoms with van der Waals surface area (Å²) in [6.45, 7) is 6.84. The summed E-state index contributed by atoms with van der Waals surface area (Å²) in [6, 6.07) is 26.9. The highest BCUT2D eigenvalue weighted by atomic mass is 19.1. The molecule has 2 unspecified atom stereocenters. The Bertz CT molecular complexity index is 2100. The Hall–Kier alpha value is -5.75. The first-order valence-electron chi connectivity index (χ1n) is 18.4. The van der Waals surface area contributed by atoms with Gasteiger partial charge in [0, 0.05) is 37.6 Å². The van der Waals surface area contributed by atoms with Gasteiger partial charge in [-0.3, -0.25) is 19.6 Å². The number of hydrogen-bond donors (Lipinski definition) is 3. The summed E-state index contributed by atoms with van der Waals surface area (Å²) >= 11 is 0. The van der Waals surface area contributed by atoms with Gasteiger partial charge in [-0.15, -0.1) is 5.10 Å². The monoisotopic (exact) mass is 734 g/mol. The molecule has 1 aromatic heterocycles. The standard InChI is InChI=1S/C42H47FN6O5/c1-27-22-33(44-41(51)52)20-21-36(27)45-40(50)34-23-35(43)37(24-38(34)54-29(3)32-18-12-7-13-19-32)49-42(53)47(4)39(46-49)28(2)48(25-30-14-8-5-9-15-30)26-31-16-10-6-11-17-31/h5-6,8-11,14-17,20-24,28-29,32,44H,7,12-13,18-19,25-26H2,1-4H3,(H,45,50)(H,51,52). The Kier molecular flexibility index (Phi) is 11.9. The van der Waals surface area contributed by atoms with E-state index in [1.54, 1.807) is 26.1 Å². The summed E-state index contributed by atoms with van der Waals surface area (Å²) < 4.78 is 25.3. The molecule has 4 aromatic carbocycles. The molecule has 11 nitrogen and oxygen atoms in total. The minimum atomic E-state index is -1.21. The molecule has 0 bridgehead atoms. The average Bonchev–Trinajstić information content (AvgIpc) is 3.46. The van der Waals surface area contributed by atoms with Crippen molar-refractivity contribution in [2.24, 2.45) is 13.0 Å². The van der Waals surface area contributed by atoms with Crippen molar-refractivity contribution in [1.29, 1.82) is 0 Å². The van der Waals surface area contributed by atoms with E-state index in [1.807, 2.05) is 50.2 Å². The largest absolute Gasteiger partial charge is 0.490 e. The van der Waals surface area contributed by atoms with Crippen LogP contribution in [0.25, 0.3) is 5.69 Å². The van der Waals surface area contributed by atoms with E-state index >= 15 is 4.39 Å². The van der Waals surface area contributed by atoms with Gasteiger partial charge in [0.15, 0.2) is 5.82 Å². The summed E-state index contributed by atoms with van der Waals surface area (Å²) in [6.07, 6.45) is 3.81. The third kappa shape index (κ3) is 8.88. The molecule has 2 atom stereocenters. The van der Waals surface area contributed by atoms with Crippen LogP contribution in [0.3, 0.4) is 0 Å². The van der Waals surface area contributed by atoms with Crippen LogP contribution in [-0.2, 0) is 20.1 Å².